The fourth-order valence-corrected chi connectivity index (χ4v) is 4.35. The molecule has 2 rings (SSSR count). The summed E-state index contributed by atoms with van der Waals surface area (Å²) in [6, 6.07) is 0.108. The molecule has 0 radical (unpaired) electrons. The van der Waals surface area contributed by atoms with E-state index in [1.54, 1.807) is 4.31 Å². The second-order valence-electron chi connectivity index (χ2n) is 6.24. The number of nitrogens with two attached hydrogens (primary N) is 1. The van der Waals surface area contributed by atoms with Crippen LogP contribution in [0.5, 0.6) is 0 Å². The second kappa shape index (κ2) is 6.70. The molecule has 0 aromatic carbocycles. The van der Waals surface area contributed by atoms with Gasteiger partial charge in [-0.3, -0.25) is 11.3 Å². The standard InChI is InChI=1S/C13H27N3O3S/c1-10-5-7-19-13(10)12(15-14)8-11-4-3-6-16(9-11)20(2,17)18/h10-13,15H,3-9,14H2,1-2H3. The van der Waals surface area contributed by atoms with Gasteiger partial charge < -0.3 is 4.74 Å². The number of nitrogens with zero attached hydrogens (tertiary/aromatic N) is 1. The predicted molar refractivity (Wildman–Crippen MR) is 78.4 cm³/mol. The number of piperidine rings is 1. The van der Waals surface area contributed by atoms with E-state index in [0.29, 0.717) is 24.9 Å². The number of sulfonamides is 1. The maximum absolute atomic E-state index is 11.7. The Bertz CT molecular complexity index is 415. The number of ether oxygens (including phenoxy) is 1. The van der Waals surface area contributed by atoms with Crippen molar-refractivity contribution in [2.45, 2.75) is 44.8 Å². The van der Waals surface area contributed by atoms with Gasteiger partial charge in [0.2, 0.25) is 10.0 Å². The third-order valence-electron chi connectivity index (χ3n) is 4.59. The van der Waals surface area contributed by atoms with Gasteiger partial charge in [0.25, 0.3) is 0 Å². The van der Waals surface area contributed by atoms with E-state index in [4.69, 9.17) is 10.6 Å². The molecule has 0 aliphatic carbocycles. The van der Waals surface area contributed by atoms with Crippen LogP contribution in [0.2, 0.25) is 0 Å². The normalized spacial score (nSPS) is 34.2. The molecule has 0 aromatic heterocycles. The van der Waals surface area contributed by atoms with Gasteiger partial charge in [0.1, 0.15) is 0 Å². The van der Waals surface area contributed by atoms with Crippen LogP contribution < -0.4 is 11.3 Å². The van der Waals surface area contributed by atoms with Crippen molar-refractivity contribution in [3.8, 4) is 0 Å². The third kappa shape index (κ3) is 3.92. The number of hydrogen-bond acceptors (Lipinski definition) is 5. The summed E-state index contributed by atoms with van der Waals surface area (Å²) >= 11 is 0. The van der Waals surface area contributed by atoms with Crippen molar-refractivity contribution in [3.63, 3.8) is 0 Å². The lowest BCUT2D eigenvalue weighted by molar-refractivity contribution is 0.0491. The monoisotopic (exact) mass is 305 g/mol. The average Bonchev–Trinajstić information content (AvgIpc) is 2.81. The van der Waals surface area contributed by atoms with Crippen molar-refractivity contribution in [2.24, 2.45) is 17.7 Å². The summed E-state index contributed by atoms with van der Waals surface area (Å²) in [7, 11) is -3.08. The van der Waals surface area contributed by atoms with Crippen molar-refractivity contribution < 1.29 is 13.2 Å². The molecule has 2 aliphatic rings. The molecule has 0 aromatic rings. The lowest BCUT2D eigenvalue weighted by atomic mass is 9.87. The summed E-state index contributed by atoms with van der Waals surface area (Å²) in [5.74, 6) is 6.55. The van der Waals surface area contributed by atoms with Crippen molar-refractivity contribution in [2.75, 3.05) is 26.0 Å². The van der Waals surface area contributed by atoms with E-state index in [9.17, 15) is 8.42 Å². The van der Waals surface area contributed by atoms with Gasteiger partial charge in [0.15, 0.2) is 0 Å². The van der Waals surface area contributed by atoms with Crippen LogP contribution in [0.4, 0.5) is 0 Å². The SMILES string of the molecule is CC1CCOC1C(CC1CCCN(S(C)(=O)=O)C1)NN. The molecule has 3 N–H and O–H groups in total. The van der Waals surface area contributed by atoms with Crippen LogP contribution in [0.1, 0.15) is 32.6 Å². The molecule has 2 aliphatic heterocycles. The van der Waals surface area contributed by atoms with Gasteiger partial charge >= 0.3 is 0 Å². The lowest BCUT2D eigenvalue weighted by Gasteiger charge is -2.34. The molecule has 4 unspecified atom stereocenters. The third-order valence-corrected chi connectivity index (χ3v) is 5.86. The van der Waals surface area contributed by atoms with E-state index in [1.807, 2.05) is 0 Å². The molecule has 0 amide bonds. The molecular weight excluding hydrogens is 278 g/mol. The molecule has 7 heteroatoms. The predicted octanol–water partition coefficient (Wildman–Crippen LogP) is 0.305. The molecule has 20 heavy (non-hydrogen) atoms. The second-order valence-corrected chi connectivity index (χ2v) is 8.22. The number of hydrazine groups is 1. The summed E-state index contributed by atoms with van der Waals surface area (Å²) in [6.45, 7) is 4.24. The first kappa shape index (κ1) is 16.2. The molecule has 6 nitrogen and oxygen atoms in total. The molecule has 118 valence electrons. The largest absolute Gasteiger partial charge is 0.376 e. The number of hydrogen-bond donors (Lipinski definition) is 2. The van der Waals surface area contributed by atoms with E-state index < -0.39 is 10.0 Å². The van der Waals surface area contributed by atoms with Gasteiger partial charge in [-0.15, -0.1) is 0 Å². The van der Waals surface area contributed by atoms with E-state index in [1.165, 1.54) is 6.26 Å². The fourth-order valence-electron chi connectivity index (χ4n) is 3.41. The highest BCUT2D eigenvalue weighted by Crippen LogP contribution is 2.29. The maximum Gasteiger partial charge on any atom is 0.211 e. The average molecular weight is 305 g/mol. The highest BCUT2D eigenvalue weighted by Gasteiger charge is 2.34. The van der Waals surface area contributed by atoms with Gasteiger partial charge in [0.05, 0.1) is 12.4 Å². The minimum absolute atomic E-state index is 0.108. The van der Waals surface area contributed by atoms with Crippen LogP contribution in [0.3, 0.4) is 0 Å². The van der Waals surface area contributed by atoms with Gasteiger partial charge in [-0.25, -0.2) is 12.7 Å². The Kier molecular flexibility index (Phi) is 5.42. The van der Waals surface area contributed by atoms with E-state index in [2.05, 4.69) is 12.3 Å². The first-order valence-electron chi connectivity index (χ1n) is 7.44. The van der Waals surface area contributed by atoms with Crippen LogP contribution >= 0.6 is 0 Å². The van der Waals surface area contributed by atoms with Crippen molar-refractivity contribution >= 4 is 10.0 Å². The highest BCUT2D eigenvalue weighted by molar-refractivity contribution is 7.88. The zero-order valence-electron chi connectivity index (χ0n) is 12.4. The summed E-state index contributed by atoms with van der Waals surface area (Å²) in [5.41, 5.74) is 2.88. The first-order valence-corrected chi connectivity index (χ1v) is 9.29. The Hall–Kier alpha value is -0.210. The topological polar surface area (TPSA) is 84.7 Å². The highest BCUT2D eigenvalue weighted by atomic mass is 32.2. The Morgan fingerprint density at radius 3 is 2.75 bits per heavy atom. The van der Waals surface area contributed by atoms with Gasteiger partial charge in [-0.1, -0.05) is 6.92 Å². The minimum atomic E-state index is -3.08. The minimum Gasteiger partial charge on any atom is -0.376 e. The van der Waals surface area contributed by atoms with E-state index in [0.717, 1.165) is 32.3 Å². The van der Waals surface area contributed by atoms with E-state index >= 15 is 0 Å². The van der Waals surface area contributed by atoms with Crippen LogP contribution in [0.25, 0.3) is 0 Å². The van der Waals surface area contributed by atoms with Crippen LogP contribution in [0, 0.1) is 11.8 Å². The molecule has 0 spiro atoms. The van der Waals surface area contributed by atoms with Crippen LogP contribution in [0.15, 0.2) is 0 Å². The Labute approximate surface area is 122 Å². The van der Waals surface area contributed by atoms with E-state index in [-0.39, 0.29) is 12.1 Å². The summed E-state index contributed by atoms with van der Waals surface area (Å²) in [6.07, 6.45) is 5.37. The zero-order chi connectivity index (χ0) is 14.8. The molecule has 0 saturated carbocycles. The Balaban J connectivity index is 1.94. The molecular formula is C13H27N3O3S. The lowest BCUT2D eigenvalue weighted by Crippen LogP contribution is -2.49. The summed E-state index contributed by atoms with van der Waals surface area (Å²) < 4.78 is 30.7. The quantitative estimate of drug-likeness (QED) is 0.564. The van der Waals surface area contributed by atoms with Gasteiger partial charge in [-0.05, 0) is 37.5 Å². The molecule has 0 bridgehead atoms. The van der Waals surface area contributed by atoms with Crippen molar-refractivity contribution in [1.29, 1.82) is 0 Å². The maximum atomic E-state index is 11.7. The van der Waals surface area contributed by atoms with Crippen LogP contribution in [-0.2, 0) is 14.8 Å². The molecule has 2 fully saturated rings. The summed E-state index contributed by atoms with van der Waals surface area (Å²) in [4.78, 5) is 0. The smallest absolute Gasteiger partial charge is 0.211 e. The van der Waals surface area contributed by atoms with Crippen molar-refractivity contribution in [3.05, 3.63) is 0 Å². The van der Waals surface area contributed by atoms with Crippen LogP contribution in [-0.4, -0.2) is 50.8 Å². The fraction of sp³-hybridized carbons (Fsp3) is 1.00. The number of rotatable bonds is 5. The first-order chi connectivity index (χ1) is 9.41. The Morgan fingerprint density at radius 2 is 2.20 bits per heavy atom. The summed E-state index contributed by atoms with van der Waals surface area (Å²) in [5, 5.41) is 0. The molecule has 4 atom stereocenters. The molecule has 2 heterocycles. The molecule has 2 saturated heterocycles. The Morgan fingerprint density at radius 1 is 1.45 bits per heavy atom. The number of nitrogens with one attached hydrogen (secondary N) is 1. The zero-order valence-corrected chi connectivity index (χ0v) is 13.2. The van der Waals surface area contributed by atoms with Crippen molar-refractivity contribution in [1.82, 2.24) is 9.73 Å². The van der Waals surface area contributed by atoms with Gasteiger partial charge in [-0.2, -0.15) is 0 Å². The van der Waals surface area contributed by atoms with Gasteiger partial charge in [0, 0.05) is 25.7 Å².